The van der Waals surface area contributed by atoms with E-state index in [9.17, 15) is 9.18 Å². The van der Waals surface area contributed by atoms with E-state index in [4.69, 9.17) is 5.11 Å². The summed E-state index contributed by atoms with van der Waals surface area (Å²) in [5.74, 6) is -0.387. The Morgan fingerprint density at radius 3 is 2.85 bits per heavy atom. The number of hydrogen-bond donors (Lipinski definition) is 2. The number of nitrogens with zero attached hydrogens (tertiary/aromatic N) is 2. The molecule has 4 rings (SSSR count). The molecule has 0 saturated heterocycles. The summed E-state index contributed by atoms with van der Waals surface area (Å²) in [6, 6.07) is 7.56. The fourth-order valence-electron chi connectivity index (χ4n) is 3.83. The number of carboxylic acids is 1. The second kappa shape index (κ2) is 6.83. The molecule has 0 aliphatic heterocycles. The van der Waals surface area contributed by atoms with Crippen LogP contribution >= 0.6 is 0 Å². The molecule has 1 heterocycles. The number of nitrogens with one attached hydrogen (secondary N) is 1. The van der Waals surface area contributed by atoms with E-state index in [-0.39, 0.29) is 18.4 Å². The van der Waals surface area contributed by atoms with Crippen LogP contribution in [-0.2, 0) is 4.79 Å². The maximum absolute atomic E-state index is 14.0. The van der Waals surface area contributed by atoms with Crippen molar-refractivity contribution in [2.24, 2.45) is 5.92 Å². The number of carboxylic acid groups (broad SMARTS) is 1. The summed E-state index contributed by atoms with van der Waals surface area (Å²) in [6.07, 6.45) is 4.27. The summed E-state index contributed by atoms with van der Waals surface area (Å²) >= 11 is 0. The Morgan fingerprint density at radius 2 is 2.15 bits per heavy atom. The SMILES string of the molecule is Cc1cc(NC2CC(N(CC(=O)O)CC3CC3)C2)c2cccc(F)c2n1. The van der Waals surface area contributed by atoms with Crippen LogP contribution in [-0.4, -0.2) is 46.1 Å². The minimum Gasteiger partial charge on any atom is -0.480 e. The van der Waals surface area contributed by atoms with Gasteiger partial charge >= 0.3 is 5.97 Å². The second-order valence-electron chi connectivity index (χ2n) is 7.68. The van der Waals surface area contributed by atoms with Gasteiger partial charge < -0.3 is 10.4 Å². The van der Waals surface area contributed by atoms with Crippen LogP contribution in [0, 0.1) is 18.7 Å². The Labute approximate surface area is 152 Å². The zero-order chi connectivity index (χ0) is 18.3. The van der Waals surface area contributed by atoms with E-state index < -0.39 is 5.97 Å². The number of benzene rings is 1. The van der Waals surface area contributed by atoms with E-state index in [1.165, 1.54) is 18.9 Å². The first kappa shape index (κ1) is 17.2. The normalized spacial score (nSPS) is 22.4. The number of carbonyl (C=O) groups is 1. The fraction of sp³-hybridized carbons (Fsp3) is 0.500. The van der Waals surface area contributed by atoms with Gasteiger partial charge in [-0.25, -0.2) is 9.37 Å². The van der Waals surface area contributed by atoms with Gasteiger partial charge in [-0.05, 0) is 50.7 Å². The fourth-order valence-corrected chi connectivity index (χ4v) is 3.83. The number of aliphatic carboxylic acids is 1. The Balaban J connectivity index is 1.44. The predicted octanol–water partition coefficient (Wildman–Crippen LogP) is 3.42. The molecule has 2 aliphatic carbocycles. The van der Waals surface area contributed by atoms with E-state index in [0.717, 1.165) is 36.2 Å². The Kier molecular flexibility index (Phi) is 4.53. The van der Waals surface area contributed by atoms with Crippen LogP contribution in [0.3, 0.4) is 0 Å². The number of anilines is 1. The van der Waals surface area contributed by atoms with Crippen LogP contribution < -0.4 is 5.32 Å². The highest BCUT2D eigenvalue weighted by Crippen LogP contribution is 2.35. The van der Waals surface area contributed by atoms with Crippen molar-refractivity contribution in [1.29, 1.82) is 0 Å². The van der Waals surface area contributed by atoms with Gasteiger partial charge in [0.05, 0.1) is 6.54 Å². The van der Waals surface area contributed by atoms with Gasteiger partial charge in [0.1, 0.15) is 11.3 Å². The number of aromatic nitrogens is 1. The first-order valence-corrected chi connectivity index (χ1v) is 9.28. The van der Waals surface area contributed by atoms with Crippen molar-refractivity contribution < 1.29 is 14.3 Å². The number of fused-ring (bicyclic) bond motifs is 1. The molecular formula is C20H24FN3O2. The van der Waals surface area contributed by atoms with Crippen LogP contribution in [0.1, 0.15) is 31.4 Å². The number of pyridine rings is 1. The molecule has 0 spiro atoms. The third kappa shape index (κ3) is 3.65. The maximum Gasteiger partial charge on any atom is 0.317 e. The lowest BCUT2D eigenvalue weighted by Crippen LogP contribution is -2.52. The standard InChI is InChI=1S/C20H24FN3O2/c1-12-7-18(16-3-2-4-17(21)20(16)22-12)23-14-8-15(9-14)24(11-19(25)26)10-13-5-6-13/h2-4,7,13-15H,5-6,8-11H2,1H3,(H,22,23)(H,25,26). The number of para-hydroxylation sites is 1. The third-order valence-electron chi connectivity index (χ3n) is 5.44. The first-order valence-electron chi connectivity index (χ1n) is 9.28. The lowest BCUT2D eigenvalue weighted by Gasteiger charge is -2.43. The lowest BCUT2D eigenvalue weighted by molar-refractivity contribution is -0.139. The molecule has 0 bridgehead atoms. The number of aryl methyl sites for hydroxylation is 1. The molecule has 2 aromatic rings. The monoisotopic (exact) mass is 357 g/mol. The summed E-state index contributed by atoms with van der Waals surface area (Å²) in [7, 11) is 0. The molecular weight excluding hydrogens is 333 g/mol. The van der Waals surface area contributed by atoms with Gasteiger partial charge in [0.25, 0.3) is 0 Å². The third-order valence-corrected chi connectivity index (χ3v) is 5.44. The number of halogens is 1. The zero-order valence-corrected chi connectivity index (χ0v) is 14.9. The summed E-state index contributed by atoms with van der Waals surface area (Å²) in [6.45, 7) is 2.88. The Bertz CT molecular complexity index is 831. The van der Waals surface area contributed by atoms with Crippen molar-refractivity contribution in [3.8, 4) is 0 Å². The summed E-state index contributed by atoms with van der Waals surface area (Å²) in [5, 5.41) is 13.5. The van der Waals surface area contributed by atoms with Crippen molar-refractivity contribution in [2.45, 2.75) is 44.7 Å². The van der Waals surface area contributed by atoms with Crippen molar-refractivity contribution in [3.63, 3.8) is 0 Å². The van der Waals surface area contributed by atoms with Crippen LogP contribution in [0.5, 0.6) is 0 Å². The molecule has 2 saturated carbocycles. The number of rotatable bonds is 7. The summed E-state index contributed by atoms with van der Waals surface area (Å²) in [5.41, 5.74) is 2.08. The highest BCUT2D eigenvalue weighted by Gasteiger charge is 2.37. The van der Waals surface area contributed by atoms with E-state index in [0.29, 0.717) is 17.5 Å². The molecule has 2 fully saturated rings. The molecule has 2 aliphatic rings. The predicted molar refractivity (Wildman–Crippen MR) is 98.8 cm³/mol. The average molecular weight is 357 g/mol. The van der Waals surface area contributed by atoms with Gasteiger partial charge in [-0.3, -0.25) is 9.69 Å². The molecule has 1 aromatic heterocycles. The summed E-state index contributed by atoms with van der Waals surface area (Å²) in [4.78, 5) is 17.6. The zero-order valence-electron chi connectivity index (χ0n) is 14.9. The van der Waals surface area contributed by atoms with Crippen LogP contribution in [0.2, 0.25) is 0 Å². The van der Waals surface area contributed by atoms with Gasteiger partial charge in [0.15, 0.2) is 0 Å². The highest BCUT2D eigenvalue weighted by atomic mass is 19.1. The van der Waals surface area contributed by atoms with E-state index >= 15 is 0 Å². The minimum absolute atomic E-state index is 0.121. The van der Waals surface area contributed by atoms with Crippen molar-refractivity contribution in [1.82, 2.24) is 9.88 Å². The molecule has 0 atom stereocenters. The molecule has 1 aromatic carbocycles. The van der Waals surface area contributed by atoms with E-state index in [1.54, 1.807) is 6.07 Å². The average Bonchev–Trinajstić information content (AvgIpc) is 3.34. The molecule has 6 heteroatoms. The van der Waals surface area contributed by atoms with Crippen LogP contribution in [0.25, 0.3) is 10.9 Å². The molecule has 0 amide bonds. The maximum atomic E-state index is 14.0. The van der Waals surface area contributed by atoms with Gasteiger partial charge in [-0.2, -0.15) is 0 Å². The first-order chi connectivity index (χ1) is 12.5. The molecule has 26 heavy (non-hydrogen) atoms. The topological polar surface area (TPSA) is 65.5 Å². The lowest BCUT2D eigenvalue weighted by atomic mass is 9.85. The Morgan fingerprint density at radius 1 is 1.38 bits per heavy atom. The van der Waals surface area contributed by atoms with Gasteiger partial charge in [-0.15, -0.1) is 0 Å². The molecule has 2 N–H and O–H groups in total. The van der Waals surface area contributed by atoms with Gasteiger partial charge in [0, 0.05) is 35.4 Å². The molecule has 0 radical (unpaired) electrons. The molecule has 138 valence electrons. The minimum atomic E-state index is -0.756. The largest absolute Gasteiger partial charge is 0.480 e. The van der Waals surface area contributed by atoms with Crippen LogP contribution in [0.15, 0.2) is 24.3 Å². The van der Waals surface area contributed by atoms with Crippen molar-refractivity contribution in [3.05, 3.63) is 35.8 Å². The van der Waals surface area contributed by atoms with Crippen LogP contribution in [0.4, 0.5) is 10.1 Å². The second-order valence-corrected chi connectivity index (χ2v) is 7.68. The van der Waals surface area contributed by atoms with E-state index in [2.05, 4.69) is 15.2 Å². The van der Waals surface area contributed by atoms with E-state index in [1.807, 2.05) is 19.1 Å². The highest BCUT2D eigenvalue weighted by molar-refractivity contribution is 5.92. The van der Waals surface area contributed by atoms with Gasteiger partial charge in [-0.1, -0.05) is 12.1 Å². The Hall–Kier alpha value is -2.21. The quantitative estimate of drug-likeness (QED) is 0.795. The van der Waals surface area contributed by atoms with Crippen molar-refractivity contribution in [2.75, 3.05) is 18.4 Å². The molecule has 0 unspecified atom stereocenters. The van der Waals surface area contributed by atoms with Gasteiger partial charge in [0.2, 0.25) is 0 Å². The summed E-state index contributed by atoms with van der Waals surface area (Å²) < 4.78 is 14.0. The molecule has 5 nitrogen and oxygen atoms in total. The van der Waals surface area contributed by atoms with Crippen molar-refractivity contribution >= 4 is 22.6 Å². The number of hydrogen-bond acceptors (Lipinski definition) is 4. The smallest absolute Gasteiger partial charge is 0.317 e.